The van der Waals surface area contributed by atoms with Gasteiger partial charge in [0.1, 0.15) is 24.2 Å². The van der Waals surface area contributed by atoms with E-state index in [-0.39, 0.29) is 59.2 Å². The van der Waals surface area contributed by atoms with Crippen LogP contribution in [0.3, 0.4) is 0 Å². The average molecular weight is 667 g/mol. The third kappa shape index (κ3) is 3.06. The summed E-state index contributed by atoms with van der Waals surface area (Å²) in [6.45, 7) is 7.45. The molecule has 2 saturated carbocycles. The Morgan fingerprint density at radius 1 is 0.898 bits per heavy atom. The summed E-state index contributed by atoms with van der Waals surface area (Å²) in [5.41, 5.74) is 0.0575. The highest BCUT2D eigenvalue weighted by Crippen LogP contribution is 2.78. The normalized spacial score (nSPS) is 54.0. The Balaban J connectivity index is 0.982. The van der Waals surface area contributed by atoms with Crippen molar-refractivity contribution in [3.63, 3.8) is 0 Å². The van der Waals surface area contributed by atoms with Crippen LogP contribution in [0, 0.1) is 50.7 Å². The predicted octanol–water partition coefficient (Wildman–Crippen LogP) is 5.73. The van der Waals surface area contributed by atoms with Crippen molar-refractivity contribution in [2.24, 2.45) is 50.7 Å². The second-order valence-electron chi connectivity index (χ2n) is 17.5. The van der Waals surface area contributed by atoms with E-state index < -0.39 is 39.5 Å². The molecule has 11 rings (SSSR count). The predicted molar refractivity (Wildman–Crippen MR) is 171 cm³/mol. The van der Waals surface area contributed by atoms with Gasteiger partial charge < -0.3 is 28.1 Å². The maximum absolute atomic E-state index is 14.5. The van der Waals surface area contributed by atoms with E-state index in [2.05, 4.69) is 45.1 Å². The molecular formula is C40H42O9. The zero-order valence-electron chi connectivity index (χ0n) is 28.1. The molecule has 3 spiro atoms. The number of hydrogen-bond donors (Lipinski definition) is 0. The molecule has 2 bridgehead atoms. The van der Waals surface area contributed by atoms with Crippen molar-refractivity contribution >= 4 is 17.9 Å². The van der Waals surface area contributed by atoms with Gasteiger partial charge in [0.25, 0.3) is 0 Å². The largest absolute Gasteiger partial charge is 0.472 e. The van der Waals surface area contributed by atoms with E-state index in [1.807, 2.05) is 18.2 Å². The molecule has 0 N–H and O–H groups in total. The van der Waals surface area contributed by atoms with Crippen LogP contribution in [0.25, 0.3) is 0 Å². The Bertz CT molecular complexity index is 1850. The highest BCUT2D eigenvalue weighted by Gasteiger charge is 2.83. The van der Waals surface area contributed by atoms with Crippen LogP contribution < -0.4 is 0 Å². The summed E-state index contributed by atoms with van der Waals surface area (Å²) in [6, 6.07) is 1.99. The van der Waals surface area contributed by atoms with Gasteiger partial charge in [0.05, 0.1) is 48.8 Å². The lowest BCUT2D eigenvalue weighted by Crippen LogP contribution is -2.67. The van der Waals surface area contributed by atoms with E-state index in [0.29, 0.717) is 32.5 Å². The number of ether oxygens (including phenoxy) is 5. The van der Waals surface area contributed by atoms with Crippen molar-refractivity contribution in [1.82, 2.24) is 0 Å². The third-order valence-corrected chi connectivity index (χ3v) is 16.1. The number of carbonyl (C=O) groups is 3. The summed E-state index contributed by atoms with van der Waals surface area (Å²) in [6.07, 6.45) is 19.1. The summed E-state index contributed by atoms with van der Waals surface area (Å²) in [4.78, 5) is 41.4. The fourth-order valence-corrected chi connectivity index (χ4v) is 13.6. The summed E-state index contributed by atoms with van der Waals surface area (Å²) in [5.74, 6) is -1.33. The lowest BCUT2D eigenvalue weighted by atomic mass is 9.38. The number of hydrogen-bond acceptors (Lipinski definition) is 9. The fourth-order valence-electron chi connectivity index (χ4n) is 13.6. The molecule has 10 aliphatic rings. The SMILES string of the molecule is CC12CC(C3=CC4OC3C35C(=O)OCC36CCC3(C)OC(c7ccoc7)CC3(C)C6C=CC45)OC(=O)C1CCC13COC(=O)C1C=CC=C23. The second-order valence-corrected chi connectivity index (χ2v) is 17.5. The monoisotopic (exact) mass is 666 g/mol. The molecule has 7 heterocycles. The van der Waals surface area contributed by atoms with Crippen LogP contribution in [0.2, 0.25) is 0 Å². The van der Waals surface area contributed by atoms with Crippen LogP contribution in [0.1, 0.15) is 71.0 Å². The van der Waals surface area contributed by atoms with Gasteiger partial charge in [-0.05, 0) is 69.1 Å². The van der Waals surface area contributed by atoms with Crippen molar-refractivity contribution in [3.8, 4) is 0 Å². The summed E-state index contributed by atoms with van der Waals surface area (Å²) < 4.78 is 37.5. The smallest absolute Gasteiger partial charge is 0.316 e. The van der Waals surface area contributed by atoms with Crippen LogP contribution in [0.15, 0.2) is 70.6 Å². The highest BCUT2D eigenvalue weighted by atomic mass is 16.6. The number of fused-ring (bicyclic) bond motifs is 7. The van der Waals surface area contributed by atoms with Crippen molar-refractivity contribution in [2.45, 2.75) is 89.3 Å². The fraction of sp³-hybridized carbons (Fsp3) is 0.625. The van der Waals surface area contributed by atoms with E-state index >= 15 is 0 Å². The molecule has 4 aliphatic carbocycles. The molecule has 9 heteroatoms. The van der Waals surface area contributed by atoms with Crippen LogP contribution in [0.4, 0.5) is 0 Å². The Labute approximate surface area is 285 Å². The zero-order valence-corrected chi connectivity index (χ0v) is 28.1. The molecule has 49 heavy (non-hydrogen) atoms. The minimum Gasteiger partial charge on any atom is -0.472 e. The average Bonchev–Trinajstić information content (AvgIpc) is 3.93. The Hall–Kier alpha value is -3.43. The van der Waals surface area contributed by atoms with Crippen molar-refractivity contribution in [3.05, 3.63) is 71.8 Å². The van der Waals surface area contributed by atoms with Gasteiger partial charge in [0, 0.05) is 33.1 Å². The van der Waals surface area contributed by atoms with E-state index in [9.17, 15) is 14.4 Å². The van der Waals surface area contributed by atoms with Crippen molar-refractivity contribution < 1.29 is 42.5 Å². The maximum Gasteiger partial charge on any atom is 0.316 e. The molecule has 6 aliphatic heterocycles. The first-order chi connectivity index (χ1) is 23.5. The molecule has 5 saturated heterocycles. The molecule has 1 aromatic rings. The first kappa shape index (κ1) is 29.3. The van der Waals surface area contributed by atoms with Crippen LogP contribution in [-0.2, 0) is 38.1 Å². The van der Waals surface area contributed by atoms with Gasteiger partial charge in [-0.1, -0.05) is 49.8 Å². The first-order valence-electron chi connectivity index (χ1n) is 18.2. The Morgan fingerprint density at radius 2 is 1.78 bits per heavy atom. The van der Waals surface area contributed by atoms with Gasteiger partial charge in [-0.25, -0.2) is 0 Å². The topological polar surface area (TPSA) is 111 Å². The van der Waals surface area contributed by atoms with Crippen LogP contribution >= 0.6 is 0 Å². The molecule has 9 nitrogen and oxygen atoms in total. The molecular weight excluding hydrogens is 624 g/mol. The molecule has 14 unspecified atom stereocenters. The molecule has 1 aromatic heterocycles. The van der Waals surface area contributed by atoms with Gasteiger partial charge in [-0.2, -0.15) is 0 Å². The maximum atomic E-state index is 14.5. The van der Waals surface area contributed by atoms with E-state index in [0.717, 1.165) is 36.0 Å². The third-order valence-electron chi connectivity index (χ3n) is 16.1. The molecule has 256 valence electrons. The van der Waals surface area contributed by atoms with Crippen LogP contribution in [0.5, 0.6) is 0 Å². The van der Waals surface area contributed by atoms with Crippen molar-refractivity contribution in [1.29, 1.82) is 0 Å². The van der Waals surface area contributed by atoms with Gasteiger partial charge in [-0.3, -0.25) is 14.4 Å². The van der Waals surface area contributed by atoms with Gasteiger partial charge >= 0.3 is 17.9 Å². The van der Waals surface area contributed by atoms with E-state index in [1.165, 1.54) is 0 Å². The number of rotatable bonds is 2. The first-order valence-corrected chi connectivity index (χ1v) is 18.2. The van der Waals surface area contributed by atoms with E-state index in [1.54, 1.807) is 12.5 Å². The summed E-state index contributed by atoms with van der Waals surface area (Å²) >= 11 is 0. The van der Waals surface area contributed by atoms with Gasteiger partial charge in [0.2, 0.25) is 0 Å². The molecule has 14 atom stereocenters. The Kier molecular flexibility index (Phi) is 5.32. The van der Waals surface area contributed by atoms with Gasteiger partial charge in [-0.15, -0.1) is 0 Å². The number of carbonyl (C=O) groups excluding carboxylic acids is 3. The number of cyclic esters (lactones) is 3. The zero-order chi connectivity index (χ0) is 33.3. The number of esters is 3. The van der Waals surface area contributed by atoms with Crippen molar-refractivity contribution in [2.75, 3.05) is 13.2 Å². The minimum atomic E-state index is -0.916. The quantitative estimate of drug-likeness (QED) is 0.222. The van der Waals surface area contributed by atoms with Gasteiger partial charge in [0.15, 0.2) is 0 Å². The second kappa shape index (κ2) is 8.89. The molecule has 0 amide bonds. The molecule has 0 radical (unpaired) electrons. The summed E-state index contributed by atoms with van der Waals surface area (Å²) in [5, 5.41) is 0. The lowest BCUT2D eigenvalue weighted by Gasteiger charge is -2.62. The molecule has 0 aromatic carbocycles. The number of furan rings is 1. The number of allylic oxidation sites excluding steroid dienone is 3. The minimum absolute atomic E-state index is 0.0209. The lowest BCUT2D eigenvalue weighted by molar-refractivity contribution is -0.185. The summed E-state index contributed by atoms with van der Waals surface area (Å²) in [7, 11) is 0. The molecule has 7 fully saturated rings. The van der Waals surface area contributed by atoms with E-state index in [4.69, 9.17) is 28.1 Å². The van der Waals surface area contributed by atoms with Crippen LogP contribution in [-0.4, -0.2) is 55.0 Å². The Morgan fingerprint density at radius 3 is 2.61 bits per heavy atom. The standard InChI is InChI=1S/C40H42O9/c1-35-16-28(48-33(42)24(35)9-11-38-19-45-32(41)25(38)5-4-6-29(35)38)22-15-26-23-7-8-30-36(2)17-27(21-10-14-44-18-21)49-37(36,3)12-13-39(30)20-46-34(43)40(23,39)31(22)47-26/h4-8,10,14-15,18,23-28,30-31H,9,11-13,16-17,19-20H2,1-3H3. The highest BCUT2D eigenvalue weighted by molar-refractivity contribution is 5.86.